The van der Waals surface area contributed by atoms with Crippen molar-refractivity contribution in [1.29, 1.82) is 0 Å². The van der Waals surface area contributed by atoms with Gasteiger partial charge < -0.3 is 14.0 Å². The number of benzene rings is 3. The predicted octanol–water partition coefficient (Wildman–Crippen LogP) is 6.91. The number of carbonyl (C=O) groups is 2. The van der Waals surface area contributed by atoms with Crippen LogP contribution in [0.1, 0.15) is 49.5 Å². The quantitative estimate of drug-likeness (QED) is 0.136. The summed E-state index contributed by atoms with van der Waals surface area (Å²) in [6, 6.07) is 18.9. The summed E-state index contributed by atoms with van der Waals surface area (Å²) in [6.45, 7) is 9.75. The van der Waals surface area contributed by atoms with E-state index in [0.29, 0.717) is 17.9 Å². The molecule has 0 aliphatic rings. The highest BCUT2D eigenvalue weighted by Gasteiger charge is 2.31. The largest absolute Gasteiger partial charge is 0.464 e. The van der Waals surface area contributed by atoms with Crippen LogP contribution in [0.15, 0.2) is 79.4 Å². The minimum atomic E-state index is -3.61. The Balaban J connectivity index is 1.84. The number of hydrogen-bond donors (Lipinski definition) is 1. The first-order valence-corrected chi connectivity index (χ1v) is 14.7. The Morgan fingerprint density at radius 2 is 1.68 bits per heavy atom. The number of esters is 2. The first kappa shape index (κ1) is 29.2. The zero-order valence-corrected chi connectivity index (χ0v) is 23.1. The molecule has 0 heterocycles. The van der Waals surface area contributed by atoms with E-state index in [0.717, 1.165) is 29.2 Å². The average molecular weight is 538 g/mol. The molecule has 0 radical (unpaired) electrons. The molecule has 0 bridgehead atoms. The minimum absolute atomic E-state index is 0.0210. The van der Waals surface area contributed by atoms with Crippen molar-refractivity contribution in [2.45, 2.75) is 45.8 Å². The Kier molecular flexibility index (Phi) is 10.7. The van der Waals surface area contributed by atoms with Crippen LogP contribution < -0.4 is 9.61 Å². The van der Waals surface area contributed by atoms with Crippen molar-refractivity contribution in [3.8, 4) is 5.75 Å². The SMILES string of the molecule is C=CCOC(=O)c1ccc2ccc(CP(=O)(N[C@@H](C)C(=O)OCC(CC)CC)Oc3ccccc3)cc2c1. The number of hydrogen-bond acceptors (Lipinski definition) is 6. The summed E-state index contributed by atoms with van der Waals surface area (Å²) in [5.41, 5.74) is 1.13. The molecular formula is C30H36NO6P. The highest BCUT2D eigenvalue weighted by atomic mass is 31.2. The Hall–Kier alpha value is -3.41. The molecule has 0 fully saturated rings. The summed E-state index contributed by atoms with van der Waals surface area (Å²) in [5, 5.41) is 4.63. The van der Waals surface area contributed by atoms with E-state index in [1.807, 2.05) is 30.3 Å². The molecular weight excluding hydrogens is 501 g/mol. The van der Waals surface area contributed by atoms with Crippen molar-refractivity contribution in [3.63, 3.8) is 0 Å². The zero-order chi connectivity index (χ0) is 27.5. The fourth-order valence-electron chi connectivity index (χ4n) is 3.93. The fraction of sp³-hybridized carbons (Fsp3) is 0.333. The van der Waals surface area contributed by atoms with Crippen LogP contribution in [0.25, 0.3) is 10.8 Å². The number of nitrogens with one attached hydrogen (secondary N) is 1. The third-order valence-corrected chi connectivity index (χ3v) is 8.29. The average Bonchev–Trinajstić information content (AvgIpc) is 2.92. The Morgan fingerprint density at radius 1 is 0.974 bits per heavy atom. The summed E-state index contributed by atoms with van der Waals surface area (Å²) >= 11 is 0. The van der Waals surface area contributed by atoms with Crippen molar-refractivity contribution < 1.29 is 28.2 Å². The van der Waals surface area contributed by atoms with Gasteiger partial charge in [0.2, 0.25) is 0 Å². The summed E-state index contributed by atoms with van der Waals surface area (Å²) in [6.07, 6.45) is 3.36. The van der Waals surface area contributed by atoms with Crippen LogP contribution in [-0.2, 0) is 25.0 Å². The van der Waals surface area contributed by atoms with Gasteiger partial charge in [-0.25, -0.2) is 9.88 Å². The lowest BCUT2D eigenvalue weighted by molar-refractivity contribution is -0.146. The van der Waals surface area contributed by atoms with E-state index in [2.05, 4.69) is 25.5 Å². The molecule has 1 unspecified atom stereocenters. The summed E-state index contributed by atoms with van der Waals surface area (Å²) in [5.74, 6) is -0.211. The van der Waals surface area contributed by atoms with Crippen LogP contribution in [-0.4, -0.2) is 31.2 Å². The van der Waals surface area contributed by atoms with Crippen molar-refractivity contribution in [2.24, 2.45) is 5.92 Å². The molecule has 2 atom stereocenters. The Labute approximate surface area is 224 Å². The van der Waals surface area contributed by atoms with Gasteiger partial charge in [0.25, 0.3) is 0 Å². The third-order valence-electron chi connectivity index (χ3n) is 6.22. The molecule has 0 aliphatic carbocycles. The molecule has 0 aromatic heterocycles. The molecule has 1 N–H and O–H groups in total. The fourth-order valence-corrected chi connectivity index (χ4v) is 5.98. The van der Waals surface area contributed by atoms with Gasteiger partial charge in [0.15, 0.2) is 0 Å². The lowest BCUT2D eigenvalue weighted by atomic mass is 10.0. The van der Waals surface area contributed by atoms with E-state index in [4.69, 9.17) is 14.0 Å². The summed E-state index contributed by atoms with van der Waals surface area (Å²) < 4.78 is 30.7. The number of carbonyl (C=O) groups excluding carboxylic acids is 2. The van der Waals surface area contributed by atoms with Gasteiger partial charge in [0.1, 0.15) is 18.4 Å². The van der Waals surface area contributed by atoms with E-state index in [9.17, 15) is 14.2 Å². The lowest BCUT2D eigenvalue weighted by Gasteiger charge is -2.24. The third kappa shape index (κ3) is 8.30. The second-order valence-corrected chi connectivity index (χ2v) is 11.3. The molecule has 3 aromatic rings. The Bertz CT molecular complexity index is 1290. The molecule has 38 heavy (non-hydrogen) atoms. The number of rotatable bonds is 14. The maximum Gasteiger partial charge on any atom is 0.338 e. The van der Waals surface area contributed by atoms with Crippen LogP contribution in [0, 0.1) is 5.92 Å². The van der Waals surface area contributed by atoms with E-state index in [-0.39, 0.29) is 18.7 Å². The van der Waals surface area contributed by atoms with Gasteiger partial charge in [-0.15, -0.1) is 0 Å². The maximum atomic E-state index is 14.1. The van der Waals surface area contributed by atoms with E-state index in [1.165, 1.54) is 6.08 Å². The van der Waals surface area contributed by atoms with Gasteiger partial charge in [0, 0.05) is 0 Å². The molecule has 0 aliphatic heterocycles. The van der Waals surface area contributed by atoms with Crippen LogP contribution in [0.4, 0.5) is 0 Å². The van der Waals surface area contributed by atoms with Crippen LogP contribution >= 0.6 is 7.52 Å². The molecule has 8 heteroatoms. The first-order valence-electron chi connectivity index (χ1n) is 12.9. The van der Waals surface area contributed by atoms with Gasteiger partial charge >= 0.3 is 19.5 Å². The highest BCUT2D eigenvalue weighted by molar-refractivity contribution is 7.56. The van der Waals surface area contributed by atoms with Gasteiger partial charge in [-0.05, 0) is 53.4 Å². The monoisotopic (exact) mass is 537 g/mol. The molecule has 0 saturated carbocycles. The predicted molar refractivity (Wildman–Crippen MR) is 150 cm³/mol. The zero-order valence-electron chi connectivity index (χ0n) is 22.2. The molecule has 0 amide bonds. The second kappa shape index (κ2) is 13.9. The number of ether oxygens (including phenoxy) is 2. The molecule has 0 saturated heterocycles. The van der Waals surface area contributed by atoms with Crippen molar-refractivity contribution in [2.75, 3.05) is 13.2 Å². The van der Waals surface area contributed by atoms with Crippen LogP contribution in [0.3, 0.4) is 0 Å². The topological polar surface area (TPSA) is 90.9 Å². The van der Waals surface area contributed by atoms with E-state index in [1.54, 1.807) is 43.3 Å². The van der Waals surface area contributed by atoms with Gasteiger partial charge in [-0.1, -0.05) is 81.8 Å². The van der Waals surface area contributed by atoms with Gasteiger partial charge in [-0.3, -0.25) is 9.36 Å². The van der Waals surface area contributed by atoms with Gasteiger partial charge in [0.05, 0.1) is 18.3 Å². The standard InChI is InChI=1S/C30H36NO6P/c1-5-17-35-30(33)26-16-15-25-14-13-24(18-27(25)19-26)21-38(34,37-28-11-9-8-10-12-28)31-22(4)29(32)36-20-23(6-2)7-3/h5,8-16,18-19,22-23H,1,6-7,17,20-21H2,2-4H3,(H,31,34)/t22-,38?/m0/s1. The maximum absolute atomic E-state index is 14.1. The first-order chi connectivity index (χ1) is 18.3. The molecule has 0 spiro atoms. The highest BCUT2D eigenvalue weighted by Crippen LogP contribution is 2.47. The summed E-state index contributed by atoms with van der Waals surface area (Å²) in [7, 11) is -3.61. The van der Waals surface area contributed by atoms with Crippen LogP contribution in [0.2, 0.25) is 0 Å². The minimum Gasteiger partial charge on any atom is -0.464 e. The van der Waals surface area contributed by atoms with Crippen LogP contribution in [0.5, 0.6) is 5.75 Å². The molecule has 3 rings (SSSR count). The molecule has 202 valence electrons. The van der Waals surface area contributed by atoms with E-state index >= 15 is 0 Å². The lowest BCUT2D eigenvalue weighted by Crippen LogP contribution is -2.35. The summed E-state index contributed by atoms with van der Waals surface area (Å²) in [4.78, 5) is 25.0. The smallest absolute Gasteiger partial charge is 0.338 e. The number of fused-ring (bicyclic) bond motifs is 1. The van der Waals surface area contributed by atoms with Crippen molar-refractivity contribution in [3.05, 3.63) is 90.5 Å². The van der Waals surface area contributed by atoms with E-state index < -0.39 is 25.5 Å². The molecule has 3 aromatic carbocycles. The molecule has 7 nitrogen and oxygen atoms in total. The second-order valence-electron chi connectivity index (χ2n) is 9.18. The van der Waals surface area contributed by atoms with Crippen molar-refractivity contribution in [1.82, 2.24) is 5.09 Å². The van der Waals surface area contributed by atoms with Crippen molar-refractivity contribution >= 4 is 30.2 Å². The normalized spacial score (nSPS) is 13.5. The number of para-hydroxylation sites is 1. The van der Waals surface area contributed by atoms with Gasteiger partial charge in [-0.2, -0.15) is 0 Å². The Morgan fingerprint density at radius 3 is 2.37 bits per heavy atom.